The summed E-state index contributed by atoms with van der Waals surface area (Å²) in [6.45, 7) is 2.22. The van der Waals surface area contributed by atoms with Gasteiger partial charge in [0, 0.05) is 11.6 Å². The highest BCUT2D eigenvalue weighted by molar-refractivity contribution is 5.48. The van der Waals surface area contributed by atoms with Crippen molar-refractivity contribution in [1.29, 1.82) is 0 Å². The first-order valence-corrected chi connectivity index (χ1v) is 6.56. The molecule has 0 fully saturated rings. The zero-order valence-electron chi connectivity index (χ0n) is 11.4. The molecular formula is C17H18FNO. The molecule has 20 heavy (non-hydrogen) atoms. The molecule has 0 bridgehead atoms. The minimum atomic E-state index is -0.301. The van der Waals surface area contributed by atoms with Gasteiger partial charge in [0.05, 0.1) is 0 Å². The third-order valence-corrected chi connectivity index (χ3v) is 2.91. The van der Waals surface area contributed by atoms with Crippen molar-refractivity contribution < 1.29 is 9.13 Å². The van der Waals surface area contributed by atoms with Gasteiger partial charge in [-0.15, -0.1) is 0 Å². The van der Waals surface area contributed by atoms with E-state index in [0.29, 0.717) is 17.9 Å². The minimum Gasteiger partial charge on any atom is -0.489 e. The molecule has 2 aromatic carbocycles. The molecule has 0 heterocycles. The Balaban J connectivity index is 1.99. The predicted molar refractivity (Wildman–Crippen MR) is 80.0 cm³/mol. The SMILES string of the molecule is C[C@H](N)c1cc(F)ccc1OC/C=C/c1ccccc1. The maximum atomic E-state index is 13.2. The van der Waals surface area contributed by atoms with Crippen molar-refractivity contribution >= 4 is 6.08 Å². The lowest BCUT2D eigenvalue weighted by Gasteiger charge is -2.13. The highest BCUT2D eigenvalue weighted by Gasteiger charge is 2.08. The van der Waals surface area contributed by atoms with E-state index < -0.39 is 0 Å². The van der Waals surface area contributed by atoms with Gasteiger partial charge in [0.25, 0.3) is 0 Å². The zero-order chi connectivity index (χ0) is 14.4. The molecule has 0 aliphatic heterocycles. The topological polar surface area (TPSA) is 35.2 Å². The largest absolute Gasteiger partial charge is 0.489 e. The van der Waals surface area contributed by atoms with Crippen LogP contribution in [0.1, 0.15) is 24.1 Å². The highest BCUT2D eigenvalue weighted by atomic mass is 19.1. The van der Waals surface area contributed by atoms with Gasteiger partial charge < -0.3 is 10.5 Å². The maximum absolute atomic E-state index is 13.2. The molecule has 0 unspecified atom stereocenters. The summed E-state index contributed by atoms with van der Waals surface area (Å²) in [6, 6.07) is 14.1. The van der Waals surface area contributed by atoms with Crippen molar-refractivity contribution in [3.8, 4) is 5.75 Å². The lowest BCUT2D eigenvalue weighted by atomic mass is 10.1. The van der Waals surface area contributed by atoms with E-state index in [1.165, 1.54) is 12.1 Å². The molecule has 104 valence electrons. The number of hydrogen-bond acceptors (Lipinski definition) is 2. The molecule has 0 radical (unpaired) electrons. The van der Waals surface area contributed by atoms with Crippen molar-refractivity contribution in [2.45, 2.75) is 13.0 Å². The normalized spacial score (nSPS) is 12.6. The van der Waals surface area contributed by atoms with Crippen LogP contribution in [0.3, 0.4) is 0 Å². The van der Waals surface area contributed by atoms with Crippen LogP contribution in [-0.2, 0) is 0 Å². The molecule has 2 rings (SSSR count). The van der Waals surface area contributed by atoms with Crippen molar-refractivity contribution in [2.75, 3.05) is 6.61 Å². The standard InChI is InChI=1S/C17H18FNO/c1-13(19)16-12-15(18)9-10-17(16)20-11-5-8-14-6-3-2-4-7-14/h2-10,12-13H,11,19H2,1H3/b8-5+/t13-/m0/s1. The first-order chi connectivity index (χ1) is 9.66. The molecule has 2 N–H and O–H groups in total. The average Bonchev–Trinajstić information content (AvgIpc) is 2.45. The first kappa shape index (κ1) is 14.3. The Morgan fingerprint density at radius 2 is 1.95 bits per heavy atom. The predicted octanol–water partition coefficient (Wildman–Crippen LogP) is 3.94. The number of nitrogens with two attached hydrogens (primary N) is 1. The maximum Gasteiger partial charge on any atom is 0.124 e. The number of halogens is 1. The molecule has 1 atom stereocenters. The quantitative estimate of drug-likeness (QED) is 0.894. The fourth-order valence-electron chi connectivity index (χ4n) is 1.89. The second kappa shape index (κ2) is 6.87. The number of benzene rings is 2. The molecular weight excluding hydrogens is 253 g/mol. The fourth-order valence-corrected chi connectivity index (χ4v) is 1.89. The van der Waals surface area contributed by atoms with Crippen LogP contribution in [-0.4, -0.2) is 6.61 Å². The van der Waals surface area contributed by atoms with E-state index in [2.05, 4.69) is 0 Å². The van der Waals surface area contributed by atoms with Crippen LogP contribution in [0.2, 0.25) is 0 Å². The molecule has 3 heteroatoms. The third kappa shape index (κ3) is 3.93. The van der Waals surface area contributed by atoms with Crippen molar-refractivity contribution in [1.82, 2.24) is 0 Å². The fraction of sp³-hybridized carbons (Fsp3) is 0.176. The van der Waals surface area contributed by atoms with Gasteiger partial charge in [0.15, 0.2) is 0 Å². The van der Waals surface area contributed by atoms with Crippen LogP contribution in [0.15, 0.2) is 54.6 Å². The van der Waals surface area contributed by atoms with Gasteiger partial charge in [-0.05, 0) is 36.8 Å². The van der Waals surface area contributed by atoms with Gasteiger partial charge in [-0.25, -0.2) is 4.39 Å². The molecule has 0 aliphatic carbocycles. The molecule has 0 aromatic heterocycles. The Labute approximate surface area is 118 Å². The van der Waals surface area contributed by atoms with E-state index >= 15 is 0 Å². The van der Waals surface area contributed by atoms with Crippen LogP contribution < -0.4 is 10.5 Å². The third-order valence-electron chi connectivity index (χ3n) is 2.91. The average molecular weight is 271 g/mol. The summed E-state index contributed by atoms with van der Waals surface area (Å²) in [4.78, 5) is 0. The summed E-state index contributed by atoms with van der Waals surface area (Å²) in [5.74, 6) is 0.323. The van der Waals surface area contributed by atoms with Crippen LogP contribution in [0.25, 0.3) is 6.08 Å². The Bertz CT molecular complexity index is 579. The van der Waals surface area contributed by atoms with E-state index in [1.807, 2.05) is 42.5 Å². The summed E-state index contributed by atoms with van der Waals surface area (Å²) in [7, 11) is 0. The van der Waals surface area contributed by atoms with Gasteiger partial charge in [0.1, 0.15) is 18.2 Å². The summed E-state index contributed by atoms with van der Waals surface area (Å²) < 4.78 is 18.8. The zero-order valence-corrected chi connectivity index (χ0v) is 11.4. The van der Waals surface area contributed by atoms with Gasteiger partial charge in [-0.1, -0.05) is 36.4 Å². The lowest BCUT2D eigenvalue weighted by molar-refractivity contribution is 0.356. The summed E-state index contributed by atoms with van der Waals surface area (Å²) in [5, 5.41) is 0. The van der Waals surface area contributed by atoms with Crippen molar-refractivity contribution in [3.63, 3.8) is 0 Å². The summed E-state index contributed by atoms with van der Waals surface area (Å²) in [5.41, 5.74) is 7.61. The smallest absolute Gasteiger partial charge is 0.124 e. The molecule has 0 aliphatic rings. The summed E-state index contributed by atoms with van der Waals surface area (Å²) in [6.07, 6.45) is 3.90. The number of hydrogen-bond donors (Lipinski definition) is 1. The number of ether oxygens (including phenoxy) is 1. The first-order valence-electron chi connectivity index (χ1n) is 6.56. The van der Waals surface area contributed by atoms with E-state index in [1.54, 1.807) is 13.0 Å². The number of rotatable bonds is 5. The Morgan fingerprint density at radius 1 is 1.20 bits per heavy atom. The Kier molecular flexibility index (Phi) is 4.91. The lowest BCUT2D eigenvalue weighted by Crippen LogP contribution is -2.08. The van der Waals surface area contributed by atoms with E-state index in [9.17, 15) is 4.39 Å². The van der Waals surface area contributed by atoms with Gasteiger partial charge >= 0.3 is 0 Å². The van der Waals surface area contributed by atoms with Crippen molar-refractivity contribution in [3.05, 3.63) is 71.6 Å². The van der Waals surface area contributed by atoms with Gasteiger partial charge in [0.2, 0.25) is 0 Å². The van der Waals surface area contributed by atoms with Crippen LogP contribution in [0, 0.1) is 5.82 Å². The van der Waals surface area contributed by atoms with Crippen LogP contribution >= 0.6 is 0 Å². The minimum absolute atomic E-state index is 0.265. The molecule has 2 nitrogen and oxygen atoms in total. The second-order valence-electron chi connectivity index (χ2n) is 4.59. The molecule has 0 spiro atoms. The monoisotopic (exact) mass is 271 g/mol. The van der Waals surface area contributed by atoms with Crippen molar-refractivity contribution in [2.24, 2.45) is 5.73 Å². The molecule has 2 aromatic rings. The highest BCUT2D eigenvalue weighted by Crippen LogP contribution is 2.24. The summed E-state index contributed by atoms with van der Waals surface area (Å²) >= 11 is 0. The molecule has 0 amide bonds. The van der Waals surface area contributed by atoms with Crippen LogP contribution in [0.5, 0.6) is 5.75 Å². The van der Waals surface area contributed by atoms with Crippen LogP contribution in [0.4, 0.5) is 4.39 Å². The van der Waals surface area contributed by atoms with E-state index in [-0.39, 0.29) is 11.9 Å². The van der Waals surface area contributed by atoms with Gasteiger partial charge in [-0.3, -0.25) is 0 Å². The Hall–Kier alpha value is -2.13. The molecule has 0 saturated heterocycles. The van der Waals surface area contributed by atoms with E-state index in [4.69, 9.17) is 10.5 Å². The van der Waals surface area contributed by atoms with E-state index in [0.717, 1.165) is 5.56 Å². The second-order valence-corrected chi connectivity index (χ2v) is 4.59. The van der Waals surface area contributed by atoms with Gasteiger partial charge in [-0.2, -0.15) is 0 Å². The molecule has 0 saturated carbocycles. The Morgan fingerprint density at radius 3 is 2.65 bits per heavy atom.